The zero-order chi connectivity index (χ0) is 12.5. The Kier molecular flexibility index (Phi) is 7.64. The van der Waals surface area contributed by atoms with E-state index in [9.17, 15) is 4.79 Å². The molecule has 17 heavy (non-hydrogen) atoms. The van der Waals surface area contributed by atoms with Crippen LogP contribution in [0.4, 0.5) is 0 Å². The number of thioether (sulfide) groups is 1. The summed E-state index contributed by atoms with van der Waals surface area (Å²) >= 11 is 1.98. The topological polar surface area (TPSA) is 49.8 Å². The van der Waals surface area contributed by atoms with E-state index in [0.29, 0.717) is 32.1 Å². The lowest BCUT2D eigenvalue weighted by Gasteiger charge is -2.24. The van der Waals surface area contributed by atoms with Crippen LogP contribution in [0.1, 0.15) is 19.3 Å². The second-order valence-electron chi connectivity index (χ2n) is 4.41. The summed E-state index contributed by atoms with van der Waals surface area (Å²) in [4.78, 5) is 13.6. The molecular weight excluding hydrogens is 238 g/mol. The molecule has 1 fully saturated rings. The molecule has 1 heterocycles. The summed E-state index contributed by atoms with van der Waals surface area (Å²) in [5.41, 5.74) is 0. The number of hydrogen-bond donors (Lipinski definition) is 1. The first kappa shape index (κ1) is 14.8. The molecule has 1 saturated heterocycles. The van der Waals surface area contributed by atoms with Gasteiger partial charge in [-0.05, 0) is 30.3 Å². The fourth-order valence-electron chi connectivity index (χ4n) is 1.85. The third-order valence-electron chi connectivity index (χ3n) is 3.04. The number of hydrogen-bond acceptors (Lipinski definition) is 4. The molecule has 0 aliphatic carbocycles. The van der Waals surface area contributed by atoms with E-state index in [0.717, 1.165) is 0 Å². The number of carbonyl (C=O) groups excluding carboxylic acids is 1. The van der Waals surface area contributed by atoms with Gasteiger partial charge in [0.1, 0.15) is 0 Å². The molecular formula is C12H23NO3S. The van der Waals surface area contributed by atoms with Gasteiger partial charge in [0.05, 0.1) is 19.8 Å². The molecule has 1 aliphatic heterocycles. The number of amides is 1. The van der Waals surface area contributed by atoms with Crippen molar-refractivity contribution in [2.75, 3.05) is 44.9 Å². The molecule has 0 unspecified atom stereocenters. The molecule has 0 aromatic carbocycles. The minimum absolute atomic E-state index is 0.0391. The number of likely N-dealkylation sites (N-methyl/N-ethyl adjacent to an activating group) is 1. The highest BCUT2D eigenvalue weighted by molar-refractivity contribution is 7.99. The molecule has 0 radical (unpaired) electrons. The SMILES string of the molecule is CN(CCOCCO)C(=O)CC1CCSCC1. The maximum absolute atomic E-state index is 11.9. The van der Waals surface area contributed by atoms with E-state index in [-0.39, 0.29) is 12.5 Å². The van der Waals surface area contributed by atoms with Gasteiger partial charge in [-0.3, -0.25) is 4.79 Å². The predicted octanol–water partition coefficient (Wildman–Crippen LogP) is 0.987. The van der Waals surface area contributed by atoms with Gasteiger partial charge in [-0.1, -0.05) is 0 Å². The van der Waals surface area contributed by atoms with Crippen LogP contribution in [-0.2, 0) is 9.53 Å². The van der Waals surface area contributed by atoms with Crippen LogP contribution in [0, 0.1) is 5.92 Å². The van der Waals surface area contributed by atoms with Crippen molar-refractivity contribution in [2.24, 2.45) is 5.92 Å². The van der Waals surface area contributed by atoms with Crippen LogP contribution in [0.15, 0.2) is 0 Å². The van der Waals surface area contributed by atoms with Crippen LogP contribution >= 0.6 is 11.8 Å². The summed E-state index contributed by atoms with van der Waals surface area (Å²) in [6, 6.07) is 0. The number of rotatable bonds is 7. The average molecular weight is 261 g/mol. The molecule has 4 nitrogen and oxygen atoms in total. The fourth-order valence-corrected chi connectivity index (χ4v) is 3.05. The van der Waals surface area contributed by atoms with Crippen molar-refractivity contribution in [1.82, 2.24) is 4.90 Å². The molecule has 1 N–H and O–H groups in total. The van der Waals surface area contributed by atoms with Gasteiger partial charge in [-0.25, -0.2) is 0 Å². The summed E-state index contributed by atoms with van der Waals surface area (Å²) in [7, 11) is 1.82. The number of nitrogens with zero attached hydrogens (tertiary/aromatic N) is 1. The molecule has 0 aromatic heterocycles. The van der Waals surface area contributed by atoms with Crippen LogP contribution in [0.3, 0.4) is 0 Å². The molecule has 1 rings (SSSR count). The molecule has 0 bridgehead atoms. The van der Waals surface area contributed by atoms with E-state index >= 15 is 0 Å². The zero-order valence-electron chi connectivity index (χ0n) is 10.6. The van der Waals surface area contributed by atoms with Crippen LogP contribution < -0.4 is 0 Å². The van der Waals surface area contributed by atoms with Crippen molar-refractivity contribution in [3.63, 3.8) is 0 Å². The maximum Gasteiger partial charge on any atom is 0.222 e. The van der Waals surface area contributed by atoms with Crippen LogP contribution in [-0.4, -0.2) is 60.8 Å². The van der Waals surface area contributed by atoms with Crippen molar-refractivity contribution < 1.29 is 14.6 Å². The van der Waals surface area contributed by atoms with Gasteiger partial charge in [0.2, 0.25) is 5.91 Å². The first-order valence-corrected chi connectivity index (χ1v) is 7.40. The number of aliphatic hydroxyl groups excluding tert-OH is 1. The monoisotopic (exact) mass is 261 g/mol. The largest absolute Gasteiger partial charge is 0.394 e. The van der Waals surface area contributed by atoms with Crippen LogP contribution in [0.25, 0.3) is 0 Å². The standard InChI is InChI=1S/C12H23NO3S/c1-13(4-6-16-7-5-14)12(15)10-11-2-8-17-9-3-11/h11,14H,2-10H2,1H3. The maximum atomic E-state index is 11.9. The third-order valence-corrected chi connectivity index (χ3v) is 4.09. The van der Waals surface area contributed by atoms with Gasteiger partial charge < -0.3 is 14.7 Å². The molecule has 1 aliphatic rings. The lowest BCUT2D eigenvalue weighted by atomic mass is 9.98. The third kappa shape index (κ3) is 6.29. The minimum atomic E-state index is 0.0391. The summed E-state index contributed by atoms with van der Waals surface area (Å²) in [5, 5.41) is 8.55. The second-order valence-corrected chi connectivity index (χ2v) is 5.64. The van der Waals surface area contributed by atoms with Crippen molar-refractivity contribution in [3.05, 3.63) is 0 Å². The van der Waals surface area contributed by atoms with Crippen LogP contribution in [0.5, 0.6) is 0 Å². The van der Waals surface area contributed by atoms with E-state index < -0.39 is 0 Å². The molecule has 5 heteroatoms. The van der Waals surface area contributed by atoms with Gasteiger partial charge in [0.25, 0.3) is 0 Å². The van der Waals surface area contributed by atoms with Crippen LogP contribution in [0.2, 0.25) is 0 Å². The van der Waals surface area contributed by atoms with Gasteiger partial charge >= 0.3 is 0 Å². The highest BCUT2D eigenvalue weighted by Gasteiger charge is 2.19. The lowest BCUT2D eigenvalue weighted by molar-refractivity contribution is -0.131. The highest BCUT2D eigenvalue weighted by Crippen LogP contribution is 2.25. The molecule has 100 valence electrons. The van der Waals surface area contributed by atoms with Gasteiger partial charge in [-0.2, -0.15) is 11.8 Å². The molecule has 0 spiro atoms. The minimum Gasteiger partial charge on any atom is -0.394 e. The summed E-state index contributed by atoms with van der Waals surface area (Å²) < 4.78 is 5.15. The number of ether oxygens (including phenoxy) is 1. The molecule has 0 atom stereocenters. The highest BCUT2D eigenvalue weighted by atomic mass is 32.2. The normalized spacial score (nSPS) is 17.1. The number of aliphatic hydroxyl groups is 1. The smallest absolute Gasteiger partial charge is 0.222 e. The average Bonchev–Trinajstić information content (AvgIpc) is 2.35. The quantitative estimate of drug-likeness (QED) is 0.694. The van der Waals surface area contributed by atoms with Gasteiger partial charge in [0.15, 0.2) is 0 Å². The van der Waals surface area contributed by atoms with Gasteiger partial charge in [0, 0.05) is 20.0 Å². The first-order valence-electron chi connectivity index (χ1n) is 6.24. The van der Waals surface area contributed by atoms with E-state index in [2.05, 4.69) is 0 Å². The van der Waals surface area contributed by atoms with Crippen molar-refractivity contribution in [1.29, 1.82) is 0 Å². The van der Waals surface area contributed by atoms with Crippen molar-refractivity contribution >= 4 is 17.7 Å². The van der Waals surface area contributed by atoms with Gasteiger partial charge in [-0.15, -0.1) is 0 Å². The lowest BCUT2D eigenvalue weighted by Crippen LogP contribution is -2.32. The zero-order valence-corrected chi connectivity index (χ0v) is 11.4. The molecule has 1 amide bonds. The fraction of sp³-hybridized carbons (Fsp3) is 0.917. The van der Waals surface area contributed by atoms with E-state index in [1.807, 2.05) is 18.8 Å². The summed E-state index contributed by atoms with van der Waals surface area (Å²) in [6.07, 6.45) is 3.02. The Labute approximate surface area is 108 Å². The Hall–Kier alpha value is -0.260. The van der Waals surface area contributed by atoms with Crippen molar-refractivity contribution in [3.8, 4) is 0 Å². The van der Waals surface area contributed by atoms with E-state index in [1.165, 1.54) is 24.3 Å². The molecule has 0 aromatic rings. The Morgan fingerprint density at radius 2 is 2.12 bits per heavy atom. The summed E-state index contributed by atoms with van der Waals surface area (Å²) in [6.45, 7) is 1.50. The first-order chi connectivity index (χ1) is 8.24. The number of carbonyl (C=O) groups is 1. The van der Waals surface area contributed by atoms with Crippen molar-refractivity contribution in [2.45, 2.75) is 19.3 Å². The Balaban J connectivity index is 2.12. The Morgan fingerprint density at radius 1 is 1.41 bits per heavy atom. The van der Waals surface area contributed by atoms with E-state index in [1.54, 1.807) is 4.90 Å². The Morgan fingerprint density at radius 3 is 2.76 bits per heavy atom. The molecule has 0 saturated carbocycles. The predicted molar refractivity (Wildman–Crippen MR) is 70.2 cm³/mol. The summed E-state index contributed by atoms with van der Waals surface area (Å²) in [5.74, 6) is 3.18. The second kappa shape index (κ2) is 8.78. The Bertz CT molecular complexity index is 220. The van der Waals surface area contributed by atoms with E-state index in [4.69, 9.17) is 9.84 Å².